The zero-order chi connectivity index (χ0) is 20.8. The van der Waals surface area contributed by atoms with Crippen LogP contribution in [-0.2, 0) is 12.3 Å². The van der Waals surface area contributed by atoms with Crippen molar-refractivity contribution in [1.82, 2.24) is 15.1 Å². The number of aromatic nitrogens is 2. The first-order chi connectivity index (χ1) is 14.7. The quantitative estimate of drug-likeness (QED) is 0.282. The molecule has 0 aliphatic heterocycles. The van der Waals surface area contributed by atoms with Gasteiger partial charge in [-0.05, 0) is 47.6 Å². The van der Waals surface area contributed by atoms with E-state index in [0.717, 1.165) is 21.3 Å². The summed E-state index contributed by atoms with van der Waals surface area (Å²) < 4.78 is 3.36. The monoisotopic (exact) mass is 449 g/mol. The van der Waals surface area contributed by atoms with E-state index in [1.807, 2.05) is 60.7 Å². The van der Waals surface area contributed by atoms with Crippen molar-refractivity contribution in [1.29, 1.82) is 0 Å². The summed E-state index contributed by atoms with van der Waals surface area (Å²) in [6.45, 7) is 0.501. The van der Waals surface area contributed by atoms with Crippen molar-refractivity contribution in [3.8, 4) is 5.69 Å². The number of amides is 1. The van der Waals surface area contributed by atoms with E-state index < -0.39 is 0 Å². The molecule has 4 rings (SSSR count). The van der Waals surface area contributed by atoms with Crippen LogP contribution in [0.5, 0.6) is 0 Å². The van der Waals surface area contributed by atoms with Crippen molar-refractivity contribution in [3.63, 3.8) is 0 Å². The lowest BCUT2D eigenvalue weighted by Gasteiger charge is -2.06. The summed E-state index contributed by atoms with van der Waals surface area (Å²) in [4.78, 5) is 12.4. The van der Waals surface area contributed by atoms with Crippen molar-refractivity contribution in [3.05, 3.63) is 106 Å². The number of carbonyl (C=O) groups is 1. The Morgan fingerprint density at radius 2 is 1.57 bits per heavy atom. The summed E-state index contributed by atoms with van der Waals surface area (Å²) in [6, 6.07) is 27.5. The molecule has 0 saturated heterocycles. The van der Waals surface area contributed by atoms with Gasteiger partial charge in [-0.1, -0.05) is 83.8 Å². The van der Waals surface area contributed by atoms with E-state index >= 15 is 0 Å². The molecular formula is C23H19N3OS3. The van der Waals surface area contributed by atoms with Crippen molar-refractivity contribution >= 4 is 41.2 Å². The molecule has 1 heterocycles. The number of benzene rings is 3. The van der Waals surface area contributed by atoms with Crippen LogP contribution < -0.4 is 5.32 Å². The molecule has 0 unspecified atom stereocenters. The van der Waals surface area contributed by atoms with Gasteiger partial charge in [-0.2, -0.15) is 0 Å². The first-order valence-electron chi connectivity index (χ1n) is 9.38. The van der Waals surface area contributed by atoms with Gasteiger partial charge in [-0.3, -0.25) is 4.79 Å². The van der Waals surface area contributed by atoms with Crippen molar-refractivity contribution in [2.45, 2.75) is 16.6 Å². The van der Waals surface area contributed by atoms with Crippen molar-refractivity contribution < 1.29 is 4.79 Å². The number of hydrogen-bond donors (Lipinski definition) is 1. The summed E-state index contributed by atoms with van der Waals surface area (Å²) >= 11 is 8.66. The molecule has 0 aliphatic carbocycles. The highest BCUT2D eigenvalue weighted by Gasteiger charge is 2.09. The molecule has 0 fully saturated rings. The van der Waals surface area contributed by atoms with Crippen LogP contribution in [0.25, 0.3) is 5.69 Å². The molecule has 4 nitrogen and oxygen atoms in total. The van der Waals surface area contributed by atoms with E-state index in [2.05, 4.69) is 22.5 Å². The average molecular weight is 450 g/mol. The van der Waals surface area contributed by atoms with E-state index in [1.165, 1.54) is 16.9 Å². The Kier molecular flexibility index (Phi) is 6.74. The highest BCUT2D eigenvalue weighted by molar-refractivity contribution is 8.00. The number of rotatable bonds is 7. The predicted molar refractivity (Wildman–Crippen MR) is 126 cm³/mol. The maximum atomic E-state index is 12.4. The maximum absolute atomic E-state index is 12.4. The molecule has 1 amide bonds. The summed E-state index contributed by atoms with van der Waals surface area (Å²) in [6.07, 6.45) is 0. The molecule has 4 aromatic rings. The fraction of sp³-hybridized carbons (Fsp3) is 0.0870. The van der Waals surface area contributed by atoms with Gasteiger partial charge < -0.3 is 5.32 Å². The molecule has 0 spiro atoms. The number of nitrogens with zero attached hydrogens (tertiary/aromatic N) is 2. The van der Waals surface area contributed by atoms with Crippen LogP contribution in [0, 0.1) is 3.95 Å². The molecular weight excluding hydrogens is 430 g/mol. The first-order valence-corrected chi connectivity index (χ1v) is 11.6. The minimum absolute atomic E-state index is 0.105. The minimum Gasteiger partial charge on any atom is -0.348 e. The Bertz CT molecular complexity index is 1170. The van der Waals surface area contributed by atoms with E-state index in [-0.39, 0.29) is 5.91 Å². The molecule has 150 valence electrons. The normalized spacial score (nSPS) is 10.7. The van der Waals surface area contributed by atoms with Gasteiger partial charge in [0.15, 0.2) is 8.29 Å². The van der Waals surface area contributed by atoms with Crippen LogP contribution in [0.4, 0.5) is 0 Å². The Hall–Kier alpha value is -2.74. The second-order valence-corrected chi connectivity index (χ2v) is 9.38. The number of carbonyl (C=O) groups excluding carboxylic acids is 1. The van der Waals surface area contributed by atoms with Crippen LogP contribution in [-0.4, -0.2) is 15.7 Å². The molecule has 30 heavy (non-hydrogen) atoms. The third-order valence-electron chi connectivity index (χ3n) is 4.40. The third kappa shape index (κ3) is 5.24. The molecule has 0 bridgehead atoms. The minimum atomic E-state index is -0.105. The van der Waals surface area contributed by atoms with Gasteiger partial charge >= 0.3 is 0 Å². The van der Waals surface area contributed by atoms with E-state index in [1.54, 1.807) is 28.6 Å². The van der Waals surface area contributed by atoms with E-state index in [9.17, 15) is 4.79 Å². The Labute approximate surface area is 188 Å². The maximum Gasteiger partial charge on any atom is 0.251 e. The lowest BCUT2D eigenvalue weighted by Crippen LogP contribution is -2.22. The molecule has 0 saturated carbocycles. The van der Waals surface area contributed by atoms with Crippen molar-refractivity contribution in [2.75, 3.05) is 0 Å². The van der Waals surface area contributed by atoms with Crippen molar-refractivity contribution in [2.24, 2.45) is 0 Å². The molecule has 0 radical (unpaired) electrons. The van der Waals surface area contributed by atoms with Crippen LogP contribution in [0.3, 0.4) is 0 Å². The SMILES string of the molecule is O=C(NCc1ccccc1)c1ccc(-n2nc(SCc3ccccc3)sc2=S)cc1. The molecule has 3 aromatic carbocycles. The summed E-state index contributed by atoms with van der Waals surface area (Å²) in [7, 11) is 0. The number of nitrogens with one attached hydrogen (secondary N) is 1. The highest BCUT2D eigenvalue weighted by Crippen LogP contribution is 2.27. The molecule has 0 atom stereocenters. The van der Waals surface area contributed by atoms with Gasteiger partial charge in [-0.15, -0.1) is 5.10 Å². The summed E-state index contributed by atoms with van der Waals surface area (Å²) in [5, 5.41) is 7.58. The Balaban J connectivity index is 1.40. The van der Waals surface area contributed by atoms with E-state index in [4.69, 9.17) is 12.2 Å². The lowest BCUT2D eigenvalue weighted by molar-refractivity contribution is 0.0951. The highest BCUT2D eigenvalue weighted by atomic mass is 32.2. The van der Waals surface area contributed by atoms with Gasteiger partial charge in [0.1, 0.15) is 0 Å². The third-order valence-corrected chi connectivity index (χ3v) is 6.84. The van der Waals surface area contributed by atoms with Crippen LogP contribution >= 0.6 is 35.3 Å². The van der Waals surface area contributed by atoms with Crippen LogP contribution in [0.15, 0.2) is 89.3 Å². The molecule has 0 aliphatic rings. The van der Waals surface area contributed by atoms with Gasteiger partial charge in [0, 0.05) is 17.9 Å². The molecule has 1 aromatic heterocycles. The van der Waals surface area contributed by atoms with E-state index in [0.29, 0.717) is 16.1 Å². The topological polar surface area (TPSA) is 46.9 Å². The van der Waals surface area contributed by atoms with Gasteiger partial charge in [0.25, 0.3) is 5.91 Å². The fourth-order valence-electron chi connectivity index (χ4n) is 2.84. The first kappa shape index (κ1) is 20.5. The zero-order valence-electron chi connectivity index (χ0n) is 16.0. The largest absolute Gasteiger partial charge is 0.348 e. The fourth-order valence-corrected chi connectivity index (χ4v) is 5.15. The van der Waals surface area contributed by atoms with Gasteiger partial charge in [0.05, 0.1) is 5.69 Å². The summed E-state index contributed by atoms with van der Waals surface area (Å²) in [5.74, 6) is 0.746. The standard InChI is InChI=1S/C23H19N3OS3/c27-21(24-15-17-7-3-1-4-8-17)19-11-13-20(14-12-19)26-23(28)30-22(25-26)29-16-18-9-5-2-6-10-18/h1-14H,15-16H2,(H,24,27). The smallest absolute Gasteiger partial charge is 0.251 e. The molecule has 1 N–H and O–H groups in total. The second kappa shape index (κ2) is 9.84. The number of hydrogen-bond acceptors (Lipinski definition) is 5. The Morgan fingerprint density at radius 1 is 0.933 bits per heavy atom. The zero-order valence-corrected chi connectivity index (χ0v) is 18.5. The lowest BCUT2D eigenvalue weighted by atomic mass is 10.2. The number of thioether (sulfide) groups is 1. The Morgan fingerprint density at radius 3 is 2.23 bits per heavy atom. The van der Waals surface area contributed by atoms with Gasteiger partial charge in [-0.25, -0.2) is 4.68 Å². The average Bonchev–Trinajstić information content (AvgIpc) is 3.18. The predicted octanol–water partition coefficient (Wildman–Crippen LogP) is 5.89. The van der Waals surface area contributed by atoms with Crippen LogP contribution in [0.1, 0.15) is 21.5 Å². The molecule has 7 heteroatoms. The second-order valence-electron chi connectivity index (χ2n) is 6.54. The van der Waals surface area contributed by atoms with Gasteiger partial charge in [0.2, 0.25) is 0 Å². The van der Waals surface area contributed by atoms with Crippen LogP contribution in [0.2, 0.25) is 0 Å². The summed E-state index contributed by atoms with van der Waals surface area (Å²) in [5.41, 5.74) is 3.77.